The molecular weight excluding hydrogens is 419 g/mol. The van der Waals surface area contributed by atoms with E-state index >= 15 is 0 Å². The topological polar surface area (TPSA) is 84.4 Å². The van der Waals surface area contributed by atoms with Crippen molar-refractivity contribution in [1.29, 1.82) is 0 Å². The monoisotopic (exact) mass is 440 g/mol. The van der Waals surface area contributed by atoms with Crippen LogP contribution < -0.4 is 10.6 Å². The lowest BCUT2D eigenvalue weighted by Gasteiger charge is -2.11. The molecule has 3 rings (SSSR count). The van der Waals surface area contributed by atoms with Gasteiger partial charge in [-0.05, 0) is 19.1 Å². The molecule has 0 radical (unpaired) electrons. The van der Waals surface area contributed by atoms with Gasteiger partial charge in [0.2, 0.25) is 0 Å². The lowest BCUT2D eigenvalue weighted by atomic mass is 10.4. The molecule has 0 aromatic carbocycles. The van der Waals surface area contributed by atoms with Crippen molar-refractivity contribution in [2.24, 2.45) is 4.99 Å². The van der Waals surface area contributed by atoms with Crippen LogP contribution >= 0.6 is 24.0 Å². The van der Waals surface area contributed by atoms with Gasteiger partial charge in [-0.3, -0.25) is 4.40 Å². The lowest BCUT2D eigenvalue weighted by Crippen LogP contribution is -2.38. The fraction of sp³-hybridized carbons (Fsp3) is 0.333. The van der Waals surface area contributed by atoms with Crippen molar-refractivity contribution in [2.75, 3.05) is 13.1 Å². The van der Waals surface area contributed by atoms with E-state index in [1.165, 1.54) is 0 Å². The number of halogens is 1. The number of aromatic nitrogens is 5. The number of hydrogen-bond acceptors (Lipinski definition) is 4. The van der Waals surface area contributed by atoms with E-state index < -0.39 is 0 Å². The Balaban J connectivity index is 0.00000208. The maximum Gasteiger partial charge on any atom is 0.191 e. The van der Waals surface area contributed by atoms with Gasteiger partial charge in [-0.15, -0.1) is 34.2 Å². The Morgan fingerprint density at radius 1 is 1.21 bits per heavy atom. The van der Waals surface area contributed by atoms with Crippen LogP contribution in [-0.2, 0) is 13.1 Å². The fourth-order valence-electron chi connectivity index (χ4n) is 2.21. The molecule has 0 fully saturated rings. The molecule has 128 valence electrons. The lowest BCUT2D eigenvalue weighted by molar-refractivity contribution is 0.661. The molecule has 0 amide bonds. The smallest absolute Gasteiger partial charge is 0.191 e. The third-order valence-corrected chi connectivity index (χ3v) is 3.33. The summed E-state index contributed by atoms with van der Waals surface area (Å²) in [5.74, 6) is 1.58. The molecule has 0 aliphatic heterocycles. The van der Waals surface area contributed by atoms with E-state index in [0.29, 0.717) is 6.54 Å². The zero-order chi connectivity index (χ0) is 15.9. The molecule has 0 spiro atoms. The highest BCUT2D eigenvalue weighted by Gasteiger charge is 2.04. The summed E-state index contributed by atoms with van der Waals surface area (Å²) in [5.41, 5.74) is 0.829. The number of guanidine groups is 1. The minimum Gasteiger partial charge on any atom is -0.357 e. The summed E-state index contributed by atoms with van der Waals surface area (Å²) >= 11 is 0. The number of nitrogens with one attached hydrogen (secondary N) is 2. The second-order valence-electron chi connectivity index (χ2n) is 4.97. The maximum absolute atomic E-state index is 4.57. The minimum atomic E-state index is 0. The van der Waals surface area contributed by atoms with Gasteiger partial charge in [-0.2, -0.15) is 0 Å². The van der Waals surface area contributed by atoms with E-state index in [9.17, 15) is 0 Å². The van der Waals surface area contributed by atoms with Gasteiger partial charge < -0.3 is 15.2 Å². The Morgan fingerprint density at radius 3 is 2.92 bits per heavy atom. The zero-order valence-corrected chi connectivity index (χ0v) is 15.8. The first kappa shape index (κ1) is 18.2. The molecule has 2 N–H and O–H groups in total. The molecule has 0 aliphatic carbocycles. The third kappa shape index (κ3) is 4.66. The largest absolute Gasteiger partial charge is 0.357 e. The van der Waals surface area contributed by atoms with Crippen LogP contribution in [0.1, 0.15) is 12.7 Å². The number of aliphatic imine (C=N–C) groups is 1. The van der Waals surface area contributed by atoms with Gasteiger partial charge in [0, 0.05) is 38.2 Å². The Kier molecular flexibility index (Phi) is 6.97. The summed E-state index contributed by atoms with van der Waals surface area (Å²) in [6.07, 6.45) is 7.46. The second-order valence-corrected chi connectivity index (χ2v) is 4.97. The van der Waals surface area contributed by atoms with Crippen LogP contribution in [-0.4, -0.2) is 43.2 Å². The number of imidazole rings is 1. The van der Waals surface area contributed by atoms with Gasteiger partial charge in [-0.1, -0.05) is 6.07 Å². The molecule has 0 saturated carbocycles. The molecule has 0 bridgehead atoms. The van der Waals surface area contributed by atoms with E-state index in [2.05, 4.69) is 30.8 Å². The number of fused-ring (bicyclic) bond motifs is 1. The van der Waals surface area contributed by atoms with Crippen LogP contribution in [0.15, 0.2) is 48.1 Å². The number of hydrogen-bond donors (Lipinski definition) is 2. The van der Waals surface area contributed by atoms with E-state index in [-0.39, 0.29) is 24.0 Å². The van der Waals surface area contributed by atoms with Crippen molar-refractivity contribution in [3.8, 4) is 0 Å². The molecule has 9 heteroatoms. The first-order valence-corrected chi connectivity index (χ1v) is 7.63. The minimum absolute atomic E-state index is 0. The molecule has 0 aliphatic rings. The molecule has 8 nitrogen and oxygen atoms in total. The number of nitrogens with zero attached hydrogens (tertiary/aromatic N) is 6. The molecule has 24 heavy (non-hydrogen) atoms. The van der Waals surface area contributed by atoms with Gasteiger partial charge >= 0.3 is 0 Å². The third-order valence-electron chi connectivity index (χ3n) is 3.33. The highest BCUT2D eigenvalue weighted by Crippen LogP contribution is 2.03. The van der Waals surface area contributed by atoms with Gasteiger partial charge in [0.05, 0.1) is 6.33 Å². The van der Waals surface area contributed by atoms with E-state index in [1.54, 1.807) is 12.5 Å². The Labute approximate surface area is 157 Å². The fourth-order valence-corrected chi connectivity index (χ4v) is 2.21. The Bertz CT molecular complexity index is 765. The highest BCUT2D eigenvalue weighted by atomic mass is 127. The quantitative estimate of drug-likeness (QED) is 0.343. The summed E-state index contributed by atoms with van der Waals surface area (Å²) in [7, 11) is 0. The number of rotatable bonds is 6. The summed E-state index contributed by atoms with van der Waals surface area (Å²) in [6, 6.07) is 5.83. The molecule has 0 unspecified atom stereocenters. The van der Waals surface area contributed by atoms with Crippen LogP contribution in [0.25, 0.3) is 5.65 Å². The second kappa shape index (κ2) is 9.21. The van der Waals surface area contributed by atoms with Crippen LogP contribution in [0.3, 0.4) is 0 Å². The van der Waals surface area contributed by atoms with Gasteiger partial charge in [0.15, 0.2) is 17.4 Å². The van der Waals surface area contributed by atoms with Gasteiger partial charge in [-0.25, -0.2) is 9.98 Å². The predicted octanol–water partition coefficient (Wildman–Crippen LogP) is 1.30. The van der Waals surface area contributed by atoms with Crippen LogP contribution in [0.5, 0.6) is 0 Å². The summed E-state index contributed by atoms with van der Waals surface area (Å²) in [5, 5.41) is 14.8. The summed E-state index contributed by atoms with van der Waals surface area (Å²) < 4.78 is 3.96. The first-order chi connectivity index (χ1) is 11.4. The molecule has 0 atom stereocenters. The average molecular weight is 440 g/mol. The summed E-state index contributed by atoms with van der Waals surface area (Å²) in [6.45, 7) is 4.91. The Hall–Kier alpha value is -2.17. The molecular formula is C15H21IN8. The van der Waals surface area contributed by atoms with Crippen molar-refractivity contribution < 1.29 is 0 Å². The maximum atomic E-state index is 4.57. The van der Waals surface area contributed by atoms with Crippen molar-refractivity contribution in [2.45, 2.75) is 20.0 Å². The van der Waals surface area contributed by atoms with E-state index in [4.69, 9.17) is 0 Å². The van der Waals surface area contributed by atoms with Crippen molar-refractivity contribution >= 4 is 35.6 Å². The molecule has 3 aromatic heterocycles. The predicted molar refractivity (Wildman–Crippen MR) is 103 cm³/mol. The summed E-state index contributed by atoms with van der Waals surface area (Å²) in [4.78, 5) is 8.60. The standard InChI is InChI=1S/C15H20N8.HI/c1-2-17-15(18-7-10-22-9-6-16-12-22)19-11-14-21-20-13-5-3-4-8-23(13)14;/h3-6,8-9,12H,2,7,10-11H2,1H3,(H2,17,18,19);1H. The normalized spacial score (nSPS) is 11.3. The molecule has 3 aromatic rings. The molecule has 0 saturated heterocycles. The Morgan fingerprint density at radius 2 is 2.12 bits per heavy atom. The van der Waals surface area contributed by atoms with Crippen LogP contribution in [0.4, 0.5) is 0 Å². The zero-order valence-electron chi connectivity index (χ0n) is 13.5. The SMILES string of the molecule is CCNC(=NCc1nnc2ccccn12)NCCn1ccnc1.I. The van der Waals surface area contributed by atoms with Crippen molar-refractivity contribution in [1.82, 2.24) is 34.8 Å². The van der Waals surface area contributed by atoms with Crippen LogP contribution in [0, 0.1) is 0 Å². The number of pyridine rings is 1. The van der Waals surface area contributed by atoms with Gasteiger partial charge in [0.1, 0.15) is 6.54 Å². The molecule has 3 heterocycles. The van der Waals surface area contributed by atoms with E-state index in [1.807, 2.05) is 46.5 Å². The first-order valence-electron chi connectivity index (χ1n) is 7.63. The van der Waals surface area contributed by atoms with Gasteiger partial charge in [0.25, 0.3) is 0 Å². The van der Waals surface area contributed by atoms with Crippen molar-refractivity contribution in [3.63, 3.8) is 0 Å². The van der Waals surface area contributed by atoms with Crippen molar-refractivity contribution in [3.05, 3.63) is 48.9 Å². The average Bonchev–Trinajstić information content (AvgIpc) is 3.22. The van der Waals surface area contributed by atoms with E-state index in [0.717, 1.165) is 37.1 Å². The van der Waals surface area contributed by atoms with Crippen LogP contribution in [0.2, 0.25) is 0 Å². The highest BCUT2D eigenvalue weighted by molar-refractivity contribution is 14.0.